The number of aryl methyl sites for hydroxylation is 1. The van der Waals surface area contributed by atoms with Gasteiger partial charge in [0, 0.05) is 11.4 Å². The molecule has 108 valence electrons. The van der Waals surface area contributed by atoms with E-state index in [9.17, 15) is 4.79 Å². The maximum absolute atomic E-state index is 11.9. The van der Waals surface area contributed by atoms with Gasteiger partial charge in [-0.15, -0.1) is 0 Å². The van der Waals surface area contributed by atoms with Crippen LogP contribution in [0.25, 0.3) is 0 Å². The zero-order valence-electron chi connectivity index (χ0n) is 11.9. The topological polar surface area (TPSA) is 73.7 Å². The van der Waals surface area contributed by atoms with Crippen LogP contribution >= 0.6 is 0 Å². The van der Waals surface area contributed by atoms with Gasteiger partial charge in [-0.05, 0) is 43.7 Å². The smallest absolute Gasteiger partial charge is 0.323 e. The van der Waals surface area contributed by atoms with Crippen LogP contribution < -0.4 is 10.6 Å². The lowest BCUT2D eigenvalue weighted by atomic mass is 10.1. The molecule has 0 bridgehead atoms. The maximum Gasteiger partial charge on any atom is 0.323 e. The lowest BCUT2D eigenvalue weighted by Crippen LogP contribution is -2.19. The Labute approximate surface area is 123 Å². The molecule has 2 rings (SSSR count). The highest BCUT2D eigenvalue weighted by Gasteiger charge is 2.03. The number of carbonyl (C=O) groups excluding carboxylic acids is 1. The van der Waals surface area contributed by atoms with Crippen molar-refractivity contribution >= 4 is 23.1 Å². The predicted octanol–water partition coefficient (Wildman–Crippen LogP) is 3.84. The quantitative estimate of drug-likeness (QED) is 0.455. The number of hydrogen-bond donors (Lipinski definition) is 3. The molecule has 0 radical (unpaired) electrons. The SMILES string of the molecule is C/C(=N\O)c1ccc(NC(=O)Nc2ccc(C)cc2)cc1. The van der Waals surface area contributed by atoms with Gasteiger partial charge in [0.1, 0.15) is 0 Å². The molecule has 0 saturated heterocycles. The van der Waals surface area contributed by atoms with E-state index in [1.807, 2.05) is 31.2 Å². The van der Waals surface area contributed by atoms with Gasteiger partial charge >= 0.3 is 6.03 Å². The number of amides is 2. The number of oxime groups is 1. The molecule has 0 aliphatic rings. The zero-order chi connectivity index (χ0) is 15.2. The molecule has 2 aromatic carbocycles. The van der Waals surface area contributed by atoms with E-state index in [4.69, 9.17) is 5.21 Å². The van der Waals surface area contributed by atoms with Gasteiger partial charge in [-0.25, -0.2) is 4.79 Å². The van der Waals surface area contributed by atoms with E-state index in [2.05, 4.69) is 15.8 Å². The summed E-state index contributed by atoms with van der Waals surface area (Å²) >= 11 is 0. The Kier molecular flexibility index (Phi) is 4.56. The van der Waals surface area contributed by atoms with Gasteiger partial charge in [0.25, 0.3) is 0 Å². The lowest BCUT2D eigenvalue weighted by molar-refractivity contribution is 0.262. The molecule has 2 aromatic rings. The zero-order valence-corrected chi connectivity index (χ0v) is 11.9. The molecule has 21 heavy (non-hydrogen) atoms. The van der Waals surface area contributed by atoms with E-state index in [-0.39, 0.29) is 6.03 Å². The van der Waals surface area contributed by atoms with Crippen LogP contribution in [-0.4, -0.2) is 17.0 Å². The molecule has 0 aliphatic carbocycles. The molecule has 0 saturated carbocycles. The van der Waals surface area contributed by atoms with Gasteiger partial charge < -0.3 is 15.8 Å². The minimum atomic E-state index is -0.306. The summed E-state index contributed by atoms with van der Waals surface area (Å²) in [5, 5.41) is 17.3. The van der Waals surface area contributed by atoms with Crippen molar-refractivity contribution in [3.8, 4) is 0 Å². The molecule has 0 fully saturated rings. The van der Waals surface area contributed by atoms with Crippen molar-refractivity contribution in [3.05, 3.63) is 59.7 Å². The fourth-order valence-electron chi connectivity index (χ4n) is 1.78. The van der Waals surface area contributed by atoms with E-state index >= 15 is 0 Å². The molecular weight excluding hydrogens is 266 g/mol. The van der Waals surface area contributed by atoms with Crippen LogP contribution in [0, 0.1) is 6.92 Å². The van der Waals surface area contributed by atoms with E-state index in [1.54, 1.807) is 31.2 Å². The summed E-state index contributed by atoms with van der Waals surface area (Å²) in [4.78, 5) is 11.9. The molecule has 3 N–H and O–H groups in total. The summed E-state index contributed by atoms with van der Waals surface area (Å²) in [5.41, 5.74) is 3.84. The number of nitrogens with one attached hydrogen (secondary N) is 2. The van der Waals surface area contributed by atoms with Crippen LogP contribution in [-0.2, 0) is 0 Å². The Hall–Kier alpha value is -2.82. The van der Waals surface area contributed by atoms with Crippen molar-refractivity contribution in [1.29, 1.82) is 0 Å². The van der Waals surface area contributed by atoms with Crippen LogP contribution in [0.2, 0.25) is 0 Å². The van der Waals surface area contributed by atoms with Gasteiger partial charge in [0.05, 0.1) is 5.71 Å². The van der Waals surface area contributed by atoms with Crippen LogP contribution in [0.1, 0.15) is 18.1 Å². The molecule has 5 heteroatoms. The number of benzene rings is 2. The highest BCUT2D eigenvalue weighted by atomic mass is 16.4. The van der Waals surface area contributed by atoms with Crippen molar-refractivity contribution < 1.29 is 10.0 Å². The van der Waals surface area contributed by atoms with E-state index in [1.165, 1.54) is 0 Å². The second-order valence-electron chi connectivity index (χ2n) is 4.71. The maximum atomic E-state index is 11.9. The van der Waals surface area contributed by atoms with Gasteiger partial charge in [-0.1, -0.05) is 35.0 Å². The van der Waals surface area contributed by atoms with Gasteiger partial charge in [-0.2, -0.15) is 0 Å². The first kappa shape index (κ1) is 14.6. The third-order valence-corrected chi connectivity index (χ3v) is 3.02. The molecule has 0 atom stereocenters. The molecule has 0 aliphatic heterocycles. The third kappa shape index (κ3) is 4.07. The summed E-state index contributed by atoms with van der Waals surface area (Å²) in [5.74, 6) is 0. The Morgan fingerprint density at radius 1 is 0.952 bits per heavy atom. The van der Waals surface area contributed by atoms with Gasteiger partial charge in [0.2, 0.25) is 0 Å². The molecule has 2 amide bonds. The number of carbonyl (C=O) groups is 1. The second kappa shape index (κ2) is 6.56. The van der Waals surface area contributed by atoms with E-state index in [0.29, 0.717) is 11.4 Å². The van der Waals surface area contributed by atoms with Gasteiger partial charge in [0.15, 0.2) is 0 Å². The highest BCUT2D eigenvalue weighted by molar-refractivity contribution is 6.01. The van der Waals surface area contributed by atoms with Crippen LogP contribution in [0.3, 0.4) is 0 Å². The first-order valence-electron chi connectivity index (χ1n) is 6.52. The number of anilines is 2. The molecule has 0 spiro atoms. The number of rotatable bonds is 3. The largest absolute Gasteiger partial charge is 0.411 e. The third-order valence-electron chi connectivity index (χ3n) is 3.02. The summed E-state index contributed by atoms with van der Waals surface area (Å²) < 4.78 is 0. The average molecular weight is 283 g/mol. The number of urea groups is 1. The van der Waals surface area contributed by atoms with Crippen molar-refractivity contribution in [2.75, 3.05) is 10.6 Å². The van der Waals surface area contributed by atoms with Gasteiger partial charge in [-0.3, -0.25) is 0 Å². The normalized spacial score (nSPS) is 11.0. The predicted molar refractivity (Wildman–Crippen MR) is 84.3 cm³/mol. The highest BCUT2D eigenvalue weighted by Crippen LogP contribution is 2.12. The summed E-state index contributed by atoms with van der Waals surface area (Å²) in [6.07, 6.45) is 0. The first-order chi connectivity index (χ1) is 10.1. The van der Waals surface area contributed by atoms with Crippen LogP contribution in [0.4, 0.5) is 16.2 Å². The van der Waals surface area contributed by atoms with E-state index in [0.717, 1.165) is 16.8 Å². The van der Waals surface area contributed by atoms with Crippen molar-refractivity contribution in [2.24, 2.45) is 5.16 Å². The Balaban J connectivity index is 1.98. The molecule has 0 aromatic heterocycles. The molecular formula is C16H17N3O2. The number of nitrogens with zero attached hydrogens (tertiary/aromatic N) is 1. The Morgan fingerprint density at radius 3 is 1.90 bits per heavy atom. The van der Waals surface area contributed by atoms with E-state index < -0.39 is 0 Å². The summed E-state index contributed by atoms with van der Waals surface area (Å²) in [7, 11) is 0. The van der Waals surface area contributed by atoms with Crippen LogP contribution in [0.5, 0.6) is 0 Å². The molecule has 0 unspecified atom stereocenters. The monoisotopic (exact) mass is 283 g/mol. The Bertz CT molecular complexity index is 646. The molecule has 5 nitrogen and oxygen atoms in total. The van der Waals surface area contributed by atoms with Crippen LogP contribution in [0.15, 0.2) is 53.7 Å². The Morgan fingerprint density at radius 2 is 1.43 bits per heavy atom. The second-order valence-corrected chi connectivity index (χ2v) is 4.71. The summed E-state index contributed by atoms with van der Waals surface area (Å²) in [6.45, 7) is 3.69. The minimum absolute atomic E-state index is 0.306. The lowest BCUT2D eigenvalue weighted by Gasteiger charge is -2.08. The fourth-order valence-corrected chi connectivity index (χ4v) is 1.78. The van der Waals surface area contributed by atoms with Crippen molar-refractivity contribution in [1.82, 2.24) is 0 Å². The summed E-state index contributed by atoms with van der Waals surface area (Å²) in [6, 6.07) is 14.3. The minimum Gasteiger partial charge on any atom is -0.411 e. The number of hydrogen-bond acceptors (Lipinski definition) is 3. The van der Waals surface area contributed by atoms with Crippen molar-refractivity contribution in [3.63, 3.8) is 0 Å². The fraction of sp³-hybridized carbons (Fsp3) is 0.125. The molecule has 0 heterocycles. The van der Waals surface area contributed by atoms with Crippen molar-refractivity contribution in [2.45, 2.75) is 13.8 Å². The average Bonchev–Trinajstić information content (AvgIpc) is 2.49. The first-order valence-corrected chi connectivity index (χ1v) is 6.52. The standard InChI is InChI=1S/C16H17N3O2/c1-11-3-7-14(8-4-11)17-16(20)18-15-9-5-13(6-10-15)12(2)19-21/h3-10,21H,1-2H3,(H2,17,18,20)/b19-12+.